The molecule has 4 heterocycles. The number of carbonyl (C=O) groups excluding carboxylic acids is 3. The predicted molar refractivity (Wildman–Crippen MR) is 121 cm³/mol. The number of aliphatic hydroxyl groups excluding tert-OH is 1. The summed E-state index contributed by atoms with van der Waals surface area (Å²) in [6.45, 7) is 4.41. The number of nitrogens with zero attached hydrogens (tertiary/aromatic N) is 3. The Balaban J connectivity index is 1.64. The lowest BCUT2D eigenvalue weighted by molar-refractivity contribution is -0.144. The van der Waals surface area contributed by atoms with E-state index in [-0.39, 0.29) is 30.9 Å². The van der Waals surface area contributed by atoms with Gasteiger partial charge >= 0.3 is 0 Å². The number of ether oxygens (including phenoxy) is 1. The van der Waals surface area contributed by atoms with Crippen molar-refractivity contribution in [3.05, 3.63) is 53.6 Å². The van der Waals surface area contributed by atoms with E-state index < -0.39 is 29.6 Å². The summed E-state index contributed by atoms with van der Waals surface area (Å²) in [5.41, 5.74) is 1.50. The molecular weight excluding hydrogens is 422 g/mol. The Morgan fingerprint density at radius 1 is 1.09 bits per heavy atom. The van der Waals surface area contributed by atoms with E-state index in [9.17, 15) is 19.5 Å². The molecule has 1 aromatic rings. The molecule has 174 valence electrons. The van der Waals surface area contributed by atoms with E-state index in [1.807, 2.05) is 56.4 Å². The van der Waals surface area contributed by atoms with Gasteiger partial charge in [-0.3, -0.25) is 14.4 Å². The van der Waals surface area contributed by atoms with Crippen molar-refractivity contribution in [1.29, 1.82) is 0 Å². The Hall–Kier alpha value is -2.97. The largest absolute Gasteiger partial charge is 0.395 e. The number of carbonyl (C=O) groups is 3. The van der Waals surface area contributed by atoms with Crippen molar-refractivity contribution in [2.75, 3.05) is 38.2 Å². The fourth-order valence-electron chi connectivity index (χ4n) is 5.84. The molecule has 0 aromatic heterocycles. The van der Waals surface area contributed by atoms with Crippen LogP contribution in [-0.4, -0.2) is 83.7 Å². The molecule has 1 unspecified atom stereocenters. The van der Waals surface area contributed by atoms with Crippen LogP contribution in [-0.2, 0) is 19.1 Å². The van der Waals surface area contributed by atoms with E-state index in [0.717, 1.165) is 16.8 Å². The number of β-amino-alcohol motifs (C(OH)–C–C–N with tert-alkyl or cyclic N) is 1. The molecule has 1 N–H and O–H groups in total. The third kappa shape index (κ3) is 3.08. The van der Waals surface area contributed by atoms with Crippen LogP contribution >= 0.6 is 0 Å². The Morgan fingerprint density at radius 3 is 2.64 bits per heavy atom. The Labute approximate surface area is 193 Å². The third-order valence-corrected chi connectivity index (χ3v) is 7.36. The summed E-state index contributed by atoms with van der Waals surface area (Å²) >= 11 is 0. The van der Waals surface area contributed by atoms with Gasteiger partial charge < -0.3 is 24.5 Å². The fourth-order valence-corrected chi connectivity index (χ4v) is 5.84. The lowest BCUT2D eigenvalue weighted by Crippen LogP contribution is -2.55. The first-order chi connectivity index (χ1) is 15.8. The maximum absolute atomic E-state index is 14.1. The highest BCUT2D eigenvalue weighted by molar-refractivity contribution is 6.06. The molecule has 3 amide bonds. The van der Waals surface area contributed by atoms with Gasteiger partial charge in [0.25, 0.3) is 5.91 Å². The van der Waals surface area contributed by atoms with Crippen LogP contribution in [0.15, 0.2) is 42.5 Å². The van der Waals surface area contributed by atoms with Gasteiger partial charge in [-0.2, -0.15) is 0 Å². The zero-order valence-corrected chi connectivity index (χ0v) is 19.1. The summed E-state index contributed by atoms with van der Waals surface area (Å²) < 4.78 is 6.50. The minimum atomic E-state index is -1.26. The maximum Gasteiger partial charge on any atom is 0.253 e. The fraction of sp³-hybridized carbons (Fsp3) is 0.480. The lowest BCUT2D eigenvalue weighted by Gasteiger charge is -2.35. The van der Waals surface area contributed by atoms with E-state index in [2.05, 4.69) is 0 Å². The zero-order chi connectivity index (χ0) is 23.5. The number of aryl methyl sites for hydroxylation is 2. The standard InChI is InChI=1S/C25H29N3O5/c1-15-7-8-16(2)17(14-15)27-11-5-9-25-20(23(31)28(12-13-29)21(25)24(27)32)19-18(33-25)6-4-10-26(3)22(19)30/h4-9,14,18-21,29H,10-13H2,1-3H3/t18-,19+,20+,21?,25+/m1/s1. The number of fused-ring (bicyclic) bond motifs is 2. The first kappa shape index (κ1) is 21.9. The number of anilines is 1. The zero-order valence-electron chi connectivity index (χ0n) is 19.1. The summed E-state index contributed by atoms with van der Waals surface area (Å²) in [5.74, 6) is -2.28. The number of amides is 3. The maximum atomic E-state index is 14.1. The van der Waals surface area contributed by atoms with Crippen molar-refractivity contribution in [2.24, 2.45) is 11.8 Å². The molecule has 4 aliphatic heterocycles. The summed E-state index contributed by atoms with van der Waals surface area (Å²) in [4.78, 5) is 45.7. The normalized spacial score (nSPS) is 33.2. The van der Waals surface area contributed by atoms with E-state index in [4.69, 9.17) is 4.74 Å². The van der Waals surface area contributed by atoms with Crippen molar-refractivity contribution in [1.82, 2.24) is 9.80 Å². The molecule has 2 fully saturated rings. The summed E-state index contributed by atoms with van der Waals surface area (Å²) in [6, 6.07) is 4.97. The van der Waals surface area contributed by atoms with Crippen LogP contribution < -0.4 is 4.90 Å². The lowest BCUT2D eigenvalue weighted by atomic mass is 9.77. The van der Waals surface area contributed by atoms with Gasteiger partial charge in [0.15, 0.2) is 0 Å². The van der Waals surface area contributed by atoms with Gasteiger partial charge in [-0.05, 0) is 31.0 Å². The van der Waals surface area contributed by atoms with Crippen molar-refractivity contribution >= 4 is 23.4 Å². The quantitative estimate of drug-likeness (QED) is 0.687. The minimum absolute atomic E-state index is 0.00256. The number of likely N-dealkylation sites (tertiary alicyclic amines) is 1. The van der Waals surface area contributed by atoms with Crippen LogP contribution in [0, 0.1) is 25.7 Å². The Kier molecular flexibility index (Phi) is 5.17. The van der Waals surface area contributed by atoms with E-state index in [0.29, 0.717) is 13.1 Å². The molecule has 8 nitrogen and oxygen atoms in total. The summed E-state index contributed by atoms with van der Waals surface area (Å²) in [6.07, 6.45) is 6.81. The van der Waals surface area contributed by atoms with Gasteiger partial charge in [-0.15, -0.1) is 0 Å². The smallest absolute Gasteiger partial charge is 0.253 e. The Bertz CT molecular complexity index is 1080. The topological polar surface area (TPSA) is 90.4 Å². The van der Waals surface area contributed by atoms with Crippen molar-refractivity contribution in [3.63, 3.8) is 0 Å². The average Bonchev–Trinajstić information content (AvgIpc) is 3.10. The van der Waals surface area contributed by atoms with Crippen LogP contribution in [0.2, 0.25) is 0 Å². The first-order valence-corrected chi connectivity index (χ1v) is 11.4. The molecule has 5 atom stereocenters. The number of hydrogen-bond acceptors (Lipinski definition) is 5. The van der Waals surface area contributed by atoms with Crippen molar-refractivity contribution in [3.8, 4) is 0 Å². The van der Waals surface area contributed by atoms with Crippen LogP contribution in [0.3, 0.4) is 0 Å². The van der Waals surface area contributed by atoms with Crippen LogP contribution in [0.25, 0.3) is 0 Å². The number of rotatable bonds is 3. The highest BCUT2D eigenvalue weighted by Gasteiger charge is 2.71. The van der Waals surface area contributed by atoms with Crippen molar-refractivity contribution < 1.29 is 24.2 Å². The van der Waals surface area contributed by atoms with E-state index in [1.165, 1.54) is 4.90 Å². The van der Waals surface area contributed by atoms with Crippen LogP contribution in [0.4, 0.5) is 5.69 Å². The van der Waals surface area contributed by atoms with Crippen LogP contribution in [0.5, 0.6) is 0 Å². The van der Waals surface area contributed by atoms with Crippen LogP contribution in [0.1, 0.15) is 11.1 Å². The molecule has 33 heavy (non-hydrogen) atoms. The molecule has 0 bridgehead atoms. The first-order valence-electron chi connectivity index (χ1n) is 11.4. The number of benzene rings is 1. The number of hydrogen-bond donors (Lipinski definition) is 1. The second-order valence-electron chi connectivity index (χ2n) is 9.39. The molecule has 4 aliphatic rings. The SMILES string of the molecule is Cc1ccc(C)c(N2CC=C[C@]34O[C@@H]5C=CCN(C)C(=O)[C@@H]5[C@H]3C(=O)N(CCO)C4C2=O)c1. The molecule has 0 radical (unpaired) electrons. The molecule has 0 saturated carbocycles. The highest BCUT2D eigenvalue weighted by atomic mass is 16.5. The monoisotopic (exact) mass is 451 g/mol. The molecule has 8 heteroatoms. The third-order valence-electron chi connectivity index (χ3n) is 7.36. The van der Waals surface area contributed by atoms with Crippen molar-refractivity contribution in [2.45, 2.75) is 31.6 Å². The predicted octanol–water partition coefficient (Wildman–Crippen LogP) is 0.808. The molecule has 5 rings (SSSR count). The molecule has 1 aromatic carbocycles. The minimum Gasteiger partial charge on any atom is -0.395 e. The van der Waals surface area contributed by atoms with Gasteiger partial charge in [0.1, 0.15) is 11.6 Å². The summed E-state index contributed by atoms with van der Waals surface area (Å²) in [7, 11) is 1.71. The van der Waals surface area contributed by atoms with Gasteiger partial charge in [0, 0.05) is 32.4 Å². The molecule has 2 saturated heterocycles. The molecular formula is C25H29N3O5. The second-order valence-corrected chi connectivity index (χ2v) is 9.39. The highest BCUT2D eigenvalue weighted by Crippen LogP contribution is 2.53. The van der Waals surface area contributed by atoms with E-state index in [1.54, 1.807) is 16.8 Å². The Morgan fingerprint density at radius 2 is 1.88 bits per heavy atom. The van der Waals surface area contributed by atoms with Gasteiger partial charge in [0.05, 0.1) is 24.5 Å². The van der Waals surface area contributed by atoms with Gasteiger partial charge in [0.2, 0.25) is 11.8 Å². The van der Waals surface area contributed by atoms with Gasteiger partial charge in [-0.1, -0.05) is 36.4 Å². The van der Waals surface area contributed by atoms with E-state index >= 15 is 0 Å². The van der Waals surface area contributed by atoms with Gasteiger partial charge in [-0.25, -0.2) is 0 Å². The molecule has 0 aliphatic carbocycles. The molecule has 1 spiro atoms. The second kappa shape index (κ2) is 7.81. The number of likely N-dealkylation sites (N-methyl/N-ethyl adjacent to an activating group) is 1. The summed E-state index contributed by atoms with van der Waals surface area (Å²) in [5, 5.41) is 9.72. The average molecular weight is 452 g/mol. The number of aliphatic hydroxyl groups is 1.